The van der Waals surface area contributed by atoms with Gasteiger partial charge in [-0.05, 0) is 48.7 Å². The Kier molecular flexibility index (Phi) is 6.08. The second-order valence-corrected chi connectivity index (χ2v) is 7.56. The van der Waals surface area contributed by atoms with Crippen LogP contribution in [-0.2, 0) is 16.0 Å². The van der Waals surface area contributed by atoms with Gasteiger partial charge in [-0.15, -0.1) is 0 Å². The second-order valence-electron chi connectivity index (χ2n) is 7.56. The highest BCUT2D eigenvalue weighted by molar-refractivity contribution is 6.51. The lowest BCUT2D eigenvalue weighted by Crippen LogP contribution is -2.29. The first-order chi connectivity index (χ1) is 15.5. The van der Waals surface area contributed by atoms with Crippen molar-refractivity contribution in [3.8, 4) is 5.75 Å². The number of carbonyl (C=O) groups is 2. The average molecular weight is 428 g/mol. The van der Waals surface area contributed by atoms with Crippen LogP contribution in [0, 0.1) is 0 Å². The molecule has 0 aliphatic carbocycles. The van der Waals surface area contributed by atoms with E-state index in [1.165, 1.54) is 4.90 Å². The molecular weight excluding hydrogens is 402 g/mol. The molecule has 1 amide bonds. The first-order valence-corrected chi connectivity index (χ1v) is 10.7. The summed E-state index contributed by atoms with van der Waals surface area (Å²) in [4.78, 5) is 27.8. The molecule has 5 nitrogen and oxygen atoms in total. The molecule has 3 aromatic rings. The van der Waals surface area contributed by atoms with Crippen LogP contribution in [-0.4, -0.2) is 23.4 Å². The number of ketones is 1. The number of aliphatic hydroxyl groups excluding tert-OH is 1. The van der Waals surface area contributed by atoms with E-state index in [0.717, 1.165) is 17.5 Å². The van der Waals surface area contributed by atoms with E-state index in [-0.39, 0.29) is 11.3 Å². The third kappa shape index (κ3) is 3.89. The maximum Gasteiger partial charge on any atom is 0.300 e. The van der Waals surface area contributed by atoms with E-state index in [1.54, 1.807) is 36.4 Å². The molecule has 0 bridgehead atoms. The van der Waals surface area contributed by atoms with Crippen molar-refractivity contribution >= 4 is 23.1 Å². The van der Waals surface area contributed by atoms with Crippen molar-refractivity contribution in [1.82, 2.24) is 0 Å². The highest BCUT2D eigenvalue weighted by Crippen LogP contribution is 2.42. The van der Waals surface area contributed by atoms with Gasteiger partial charge in [0.05, 0.1) is 18.2 Å². The fourth-order valence-electron chi connectivity index (χ4n) is 3.99. The standard InChI is InChI=1S/C27H25NO4/c1-3-18-13-15-19(16-14-18)24-23(25(29)20-9-8-12-22(17-20)32-4-2)26(30)27(31)28(24)21-10-6-5-7-11-21/h5-17,24,29H,3-4H2,1-2H3/b25-23-. The second kappa shape index (κ2) is 9.10. The summed E-state index contributed by atoms with van der Waals surface area (Å²) in [5.74, 6) is -1.01. The van der Waals surface area contributed by atoms with Crippen molar-refractivity contribution < 1.29 is 19.4 Å². The molecule has 162 valence electrons. The highest BCUT2D eigenvalue weighted by atomic mass is 16.5. The smallest absolute Gasteiger partial charge is 0.300 e. The van der Waals surface area contributed by atoms with Gasteiger partial charge in [0.25, 0.3) is 11.7 Å². The monoisotopic (exact) mass is 427 g/mol. The molecule has 0 spiro atoms. The Morgan fingerprint density at radius 3 is 2.31 bits per heavy atom. The van der Waals surface area contributed by atoms with E-state index < -0.39 is 17.7 Å². The van der Waals surface area contributed by atoms with E-state index in [9.17, 15) is 14.7 Å². The number of Topliss-reactive ketones (excluding diaryl/α,β-unsaturated/α-hetero) is 1. The minimum absolute atomic E-state index is 0.0664. The summed E-state index contributed by atoms with van der Waals surface area (Å²) < 4.78 is 5.54. The maximum atomic E-state index is 13.2. The van der Waals surface area contributed by atoms with Gasteiger partial charge >= 0.3 is 0 Å². The molecule has 5 heteroatoms. The zero-order chi connectivity index (χ0) is 22.7. The zero-order valence-electron chi connectivity index (χ0n) is 18.1. The van der Waals surface area contributed by atoms with Gasteiger partial charge in [-0.2, -0.15) is 0 Å². The predicted molar refractivity (Wildman–Crippen MR) is 125 cm³/mol. The lowest BCUT2D eigenvalue weighted by molar-refractivity contribution is -0.132. The number of nitrogens with zero attached hydrogens (tertiary/aromatic N) is 1. The normalized spacial score (nSPS) is 17.6. The minimum Gasteiger partial charge on any atom is -0.507 e. The Hall–Kier alpha value is -3.86. The van der Waals surface area contributed by atoms with E-state index >= 15 is 0 Å². The maximum absolute atomic E-state index is 13.2. The van der Waals surface area contributed by atoms with Crippen molar-refractivity contribution in [1.29, 1.82) is 0 Å². The zero-order valence-corrected chi connectivity index (χ0v) is 18.1. The molecule has 4 rings (SSSR count). The van der Waals surface area contributed by atoms with Gasteiger partial charge in [-0.3, -0.25) is 14.5 Å². The fourth-order valence-corrected chi connectivity index (χ4v) is 3.99. The van der Waals surface area contributed by atoms with Crippen LogP contribution in [0.5, 0.6) is 5.75 Å². The summed E-state index contributed by atoms with van der Waals surface area (Å²) in [7, 11) is 0. The Morgan fingerprint density at radius 2 is 1.66 bits per heavy atom. The Balaban J connectivity index is 1.90. The lowest BCUT2D eigenvalue weighted by Gasteiger charge is -2.25. The summed E-state index contributed by atoms with van der Waals surface area (Å²) in [6.45, 7) is 4.42. The lowest BCUT2D eigenvalue weighted by atomic mass is 9.94. The van der Waals surface area contributed by atoms with Crippen LogP contribution in [0.2, 0.25) is 0 Å². The largest absolute Gasteiger partial charge is 0.507 e. The molecule has 32 heavy (non-hydrogen) atoms. The minimum atomic E-state index is -0.737. The third-order valence-electron chi connectivity index (χ3n) is 5.60. The Morgan fingerprint density at radius 1 is 0.938 bits per heavy atom. The van der Waals surface area contributed by atoms with E-state index in [4.69, 9.17) is 4.74 Å². The first-order valence-electron chi connectivity index (χ1n) is 10.7. The molecule has 1 unspecified atom stereocenters. The van der Waals surface area contributed by atoms with Gasteiger partial charge in [-0.1, -0.05) is 61.5 Å². The molecule has 1 heterocycles. The molecule has 1 aliphatic rings. The number of aliphatic hydroxyl groups is 1. The SMILES string of the molecule is CCOc1cccc(/C(O)=C2/C(=O)C(=O)N(c3ccccc3)C2c2ccc(CC)cc2)c1. The van der Waals surface area contributed by atoms with E-state index in [0.29, 0.717) is 23.6 Å². The topological polar surface area (TPSA) is 66.8 Å². The quantitative estimate of drug-likeness (QED) is 0.330. The van der Waals surface area contributed by atoms with Crippen LogP contribution in [0.25, 0.3) is 5.76 Å². The number of rotatable bonds is 6. The molecule has 1 saturated heterocycles. The van der Waals surface area contributed by atoms with Crippen molar-refractivity contribution in [2.75, 3.05) is 11.5 Å². The molecule has 1 fully saturated rings. The highest BCUT2D eigenvalue weighted by Gasteiger charge is 2.46. The molecule has 1 N–H and O–H groups in total. The Bertz CT molecular complexity index is 1170. The summed E-state index contributed by atoms with van der Waals surface area (Å²) in [5, 5.41) is 11.2. The molecule has 0 saturated carbocycles. The molecule has 1 aliphatic heterocycles. The summed E-state index contributed by atoms with van der Waals surface area (Å²) in [5.41, 5.74) is 3.00. The number of benzene rings is 3. The van der Waals surface area contributed by atoms with Gasteiger partial charge < -0.3 is 9.84 Å². The molecule has 0 aromatic heterocycles. The summed E-state index contributed by atoms with van der Waals surface area (Å²) in [6, 6.07) is 23.0. The molecule has 3 aromatic carbocycles. The number of amides is 1. The van der Waals surface area contributed by atoms with Crippen LogP contribution < -0.4 is 9.64 Å². The summed E-state index contributed by atoms with van der Waals surface area (Å²) in [6.07, 6.45) is 0.878. The van der Waals surface area contributed by atoms with Crippen LogP contribution >= 0.6 is 0 Å². The first kappa shape index (κ1) is 21.4. The summed E-state index contributed by atoms with van der Waals surface area (Å²) >= 11 is 0. The number of ether oxygens (including phenoxy) is 1. The van der Waals surface area contributed by atoms with Crippen LogP contribution in [0.1, 0.15) is 36.6 Å². The average Bonchev–Trinajstić information content (AvgIpc) is 3.10. The number of carbonyl (C=O) groups excluding carboxylic acids is 2. The number of hydrogen-bond acceptors (Lipinski definition) is 4. The van der Waals surface area contributed by atoms with Gasteiger partial charge in [0.2, 0.25) is 0 Å². The van der Waals surface area contributed by atoms with Gasteiger partial charge in [-0.25, -0.2) is 0 Å². The van der Waals surface area contributed by atoms with Gasteiger partial charge in [0.1, 0.15) is 11.5 Å². The van der Waals surface area contributed by atoms with Crippen LogP contribution in [0.15, 0.2) is 84.4 Å². The van der Waals surface area contributed by atoms with Crippen LogP contribution in [0.4, 0.5) is 5.69 Å². The van der Waals surface area contributed by atoms with Gasteiger partial charge in [0.15, 0.2) is 0 Å². The number of para-hydroxylation sites is 1. The van der Waals surface area contributed by atoms with Crippen LogP contribution in [0.3, 0.4) is 0 Å². The van der Waals surface area contributed by atoms with Gasteiger partial charge in [0, 0.05) is 11.3 Å². The van der Waals surface area contributed by atoms with Crippen molar-refractivity contribution in [2.45, 2.75) is 26.3 Å². The molecule has 1 atom stereocenters. The van der Waals surface area contributed by atoms with Crippen molar-refractivity contribution in [3.05, 3.63) is 101 Å². The predicted octanol–water partition coefficient (Wildman–Crippen LogP) is 5.27. The molecule has 0 radical (unpaired) electrons. The third-order valence-corrected chi connectivity index (χ3v) is 5.60. The van der Waals surface area contributed by atoms with Crippen molar-refractivity contribution in [3.63, 3.8) is 0 Å². The van der Waals surface area contributed by atoms with E-state index in [1.807, 2.05) is 49.4 Å². The fraction of sp³-hybridized carbons (Fsp3) is 0.185. The molecular formula is C27H25NO4. The Labute approximate surface area is 187 Å². The van der Waals surface area contributed by atoms with E-state index in [2.05, 4.69) is 6.92 Å². The number of hydrogen-bond donors (Lipinski definition) is 1. The number of aryl methyl sites for hydroxylation is 1. The number of anilines is 1. The van der Waals surface area contributed by atoms with Crippen molar-refractivity contribution in [2.24, 2.45) is 0 Å².